The molecule has 2 aliphatic rings. The van der Waals surface area contributed by atoms with Gasteiger partial charge in [0.25, 0.3) is 0 Å². The van der Waals surface area contributed by atoms with Crippen LogP contribution in [-0.4, -0.2) is 59.5 Å². The van der Waals surface area contributed by atoms with Crippen LogP contribution in [0.25, 0.3) is 0 Å². The molecule has 2 fully saturated rings. The normalized spacial score (nSPS) is 32.6. The van der Waals surface area contributed by atoms with Gasteiger partial charge in [0.1, 0.15) is 0 Å². The number of rotatable bonds is 1. The topological polar surface area (TPSA) is 55.7 Å². The van der Waals surface area contributed by atoms with Crippen LogP contribution in [0.1, 0.15) is 19.3 Å². The lowest BCUT2D eigenvalue weighted by molar-refractivity contribution is -0.00508. The highest BCUT2D eigenvalue weighted by atomic mass is 35.5. The first-order valence-electron chi connectivity index (χ1n) is 5.58. The van der Waals surface area contributed by atoms with Gasteiger partial charge in [0, 0.05) is 25.7 Å². The third-order valence-electron chi connectivity index (χ3n) is 3.38. The van der Waals surface area contributed by atoms with Crippen molar-refractivity contribution in [2.75, 3.05) is 26.2 Å². The largest absolute Gasteiger partial charge is 0.393 e. The molecule has 0 aliphatic carbocycles. The quantitative estimate of drug-likeness (QED) is 0.630. The van der Waals surface area contributed by atoms with Crippen molar-refractivity contribution in [3.63, 3.8) is 0 Å². The van der Waals surface area contributed by atoms with Crippen LogP contribution in [0, 0.1) is 0 Å². The van der Waals surface area contributed by atoms with E-state index in [4.69, 9.17) is 0 Å². The van der Waals surface area contributed by atoms with Gasteiger partial charge in [-0.3, -0.25) is 4.90 Å². The standard InChI is InChI=1S/C10H20N2O2.2ClH/c13-8-2-5-12(6-3-8)9-1-4-11-7-10(9)14;;/h8-11,13-14H,1-7H2;2*1H. The van der Waals surface area contributed by atoms with Crippen molar-refractivity contribution >= 4 is 24.8 Å². The van der Waals surface area contributed by atoms with Crippen LogP contribution in [0.2, 0.25) is 0 Å². The maximum atomic E-state index is 9.82. The molecule has 2 unspecified atom stereocenters. The fourth-order valence-electron chi connectivity index (χ4n) is 2.47. The number of piperidine rings is 2. The molecule has 2 aliphatic heterocycles. The van der Waals surface area contributed by atoms with Crippen molar-refractivity contribution < 1.29 is 10.2 Å². The lowest BCUT2D eigenvalue weighted by atomic mass is 9.98. The van der Waals surface area contributed by atoms with Crippen LogP contribution < -0.4 is 5.32 Å². The first kappa shape index (κ1) is 16.4. The number of aliphatic hydroxyl groups excluding tert-OH is 2. The molecule has 0 aromatic heterocycles. The Morgan fingerprint density at radius 1 is 1.00 bits per heavy atom. The third kappa shape index (κ3) is 4.02. The number of hydrogen-bond acceptors (Lipinski definition) is 4. The third-order valence-corrected chi connectivity index (χ3v) is 3.38. The molecule has 0 radical (unpaired) electrons. The zero-order valence-electron chi connectivity index (χ0n) is 9.34. The first-order valence-corrected chi connectivity index (χ1v) is 5.58. The van der Waals surface area contributed by atoms with Gasteiger partial charge in [-0.2, -0.15) is 0 Å². The SMILES string of the molecule is Cl.Cl.OC1CCN(C2CCNCC2O)CC1. The summed E-state index contributed by atoms with van der Waals surface area (Å²) in [7, 11) is 0. The number of nitrogens with one attached hydrogen (secondary N) is 1. The summed E-state index contributed by atoms with van der Waals surface area (Å²) >= 11 is 0. The molecular weight excluding hydrogens is 251 g/mol. The summed E-state index contributed by atoms with van der Waals surface area (Å²) in [6.07, 6.45) is 2.38. The predicted molar refractivity (Wildman–Crippen MR) is 68.6 cm³/mol. The van der Waals surface area contributed by atoms with Gasteiger partial charge in [-0.1, -0.05) is 0 Å². The second-order valence-corrected chi connectivity index (χ2v) is 4.39. The fraction of sp³-hybridized carbons (Fsp3) is 1.00. The van der Waals surface area contributed by atoms with E-state index in [2.05, 4.69) is 10.2 Å². The van der Waals surface area contributed by atoms with Crippen LogP contribution in [-0.2, 0) is 0 Å². The number of β-amino-alcohol motifs (C(OH)–C–C–N with tert-alkyl or cyclic N) is 1. The molecule has 6 heteroatoms. The van der Waals surface area contributed by atoms with Crippen LogP contribution >= 0.6 is 24.8 Å². The Labute approximate surface area is 109 Å². The molecule has 3 N–H and O–H groups in total. The van der Waals surface area contributed by atoms with Crippen molar-refractivity contribution in [2.24, 2.45) is 0 Å². The molecule has 0 bridgehead atoms. The molecule has 0 saturated carbocycles. The minimum absolute atomic E-state index is 0. The second kappa shape index (κ2) is 7.69. The van der Waals surface area contributed by atoms with Gasteiger partial charge in [-0.05, 0) is 25.8 Å². The Bertz CT molecular complexity index is 190. The maximum Gasteiger partial charge on any atom is 0.0819 e. The summed E-state index contributed by atoms with van der Waals surface area (Å²) in [6, 6.07) is 0.309. The summed E-state index contributed by atoms with van der Waals surface area (Å²) in [5.74, 6) is 0. The van der Waals surface area contributed by atoms with Gasteiger partial charge >= 0.3 is 0 Å². The van der Waals surface area contributed by atoms with Crippen molar-refractivity contribution in [3.05, 3.63) is 0 Å². The van der Waals surface area contributed by atoms with E-state index in [9.17, 15) is 10.2 Å². The molecule has 2 heterocycles. The zero-order chi connectivity index (χ0) is 9.97. The smallest absolute Gasteiger partial charge is 0.0819 e. The second-order valence-electron chi connectivity index (χ2n) is 4.39. The fourth-order valence-corrected chi connectivity index (χ4v) is 2.47. The molecule has 2 atom stereocenters. The molecule has 0 spiro atoms. The van der Waals surface area contributed by atoms with Gasteiger partial charge in [-0.25, -0.2) is 0 Å². The van der Waals surface area contributed by atoms with E-state index in [0.29, 0.717) is 12.6 Å². The minimum Gasteiger partial charge on any atom is -0.393 e. The number of nitrogens with zero attached hydrogens (tertiary/aromatic N) is 1. The average Bonchev–Trinajstić information content (AvgIpc) is 2.20. The van der Waals surface area contributed by atoms with E-state index in [0.717, 1.165) is 38.9 Å². The highest BCUT2D eigenvalue weighted by Gasteiger charge is 2.30. The van der Waals surface area contributed by atoms with E-state index < -0.39 is 0 Å². The average molecular weight is 273 g/mol. The summed E-state index contributed by atoms with van der Waals surface area (Å²) in [6.45, 7) is 3.58. The van der Waals surface area contributed by atoms with Gasteiger partial charge in [0.05, 0.1) is 12.2 Å². The van der Waals surface area contributed by atoms with E-state index in [1.807, 2.05) is 0 Å². The van der Waals surface area contributed by atoms with Crippen molar-refractivity contribution in [3.8, 4) is 0 Å². The van der Waals surface area contributed by atoms with Crippen LogP contribution in [0.5, 0.6) is 0 Å². The molecule has 0 aromatic carbocycles. The summed E-state index contributed by atoms with van der Waals surface area (Å²) in [4.78, 5) is 2.33. The molecule has 98 valence electrons. The molecule has 4 nitrogen and oxygen atoms in total. The highest BCUT2D eigenvalue weighted by molar-refractivity contribution is 5.85. The predicted octanol–water partition coefficient (Wildman–Crippen LogP) is 0.00950. The van der Waals surface area contributed by atoms with E-state index in [1.54, 1.807) is 0 Å². The molecule has 16 heavy (non-hydrogen) atoms. The highest BCUT2D eigenvalue weighted by Crippen LogP contribution is 2.18. The Morgan fingerprint density at radius 2 is 1.62 bits per heavy atom. The van der Waals surface area contributed by atoms with Crippen molar-refractivity contribution in [1.29, 1.82) is 0 Å². The van der Waals surface area contributed by atoms with Gasteiger partial charge in [0.15, 0.2) is 0 Å². The number of halogens is 2. The Kier molecular flexibility index (Phi) is 7.89. The Morgan fingerprint density at radius 3 is 2.19 bits per heavy atom. The van der Waals surface area contributed by atoms with Crippen LogP contribution in [0.15, 0.2) is 0 Å². The number of hydrogen-bond donors (Lipinski definition) is 3. The summed E-state index contributed by atoms with van der Waals surface area (Å²) < 4.78 is 0. The molecule has 2 saturated heterocycles. The summed E-state index contributed by atoms with van der Waals surface area (Å²) in [5, 5.41) is 22.4. The minimum atomic E-state index is -0.237. The Hall–Kier alpha value is 0.420. The van der Waals surface area contributed by atoms with Crippen LogP contribution in [0.3, 0.4) is 0 Å². The molecule has 0 aromatic rings. The zero-order valence-corrected chi connectivity index (χ0v) is 11.0. The van der Waals surface area contributed by atoms with Gasteiger partial charge in [0.2, 0.25) is 0 Å². The van der Waals surface area contributed by atoms with E-state index >= 15 is 0 Å². The van der Waals surface area contributed by atoms with E-state index in [1.165, 1.54) is 0 Å². The van der Waals surface area contributed by atoms with Crippen LogP contribution in [0.4, 0.5) is 0 Å². The first-order chi connectivity index (χ1) is 6.77. The van der Waals surface area contributed by atoms with Gasteiger partial charge in [-0.15, -0.1) is 24.8 Å². The summed E-state index contributed by atoms with van der Waals surface area (Å²) in [5.41, 5.74) is 0. The lowest BCUT2D eigenvalue weighted by Crippen LogP contribution is -2.55. The van der Waals surface area contributed by atoms with Crippen molar-refractivity contribution in [2.45, 2.75) is 37.5 Å². The Balaban J connectivity index is 0.00000112. The number of likely N-dealkylation sites (tertiary alicyclic amines) is 1. The molecular formula is C10H22Cl2N2O2. The monoisotopic (exact) mass is 272 g/mol. The molecule has 2 rings (SSSR count). The lowest BCUT2D eigenvalue weighted by Gasteiger charge is -2.40. The van der Waals surface area contributed by atoms with Crippen molar-refractivity contribution in [1.82, 2.24) is 10.2 Å². The number of aliphatic hydroxyl groups is 2. The maximum absolute atomic E-state index is 9.82. The molecule has 0 amide bonds. The van der Waals surface area contributed by atoms with E-state index in [-0.39, 0.29) is 37.0 Å². The van der Waals surface area contributed by atoms with Gasteiger partial charge < -0.3 is 15.5 Å².